The van der Waals surface area contributed by atoms with Gasteiger partial charge >= 0.3 is 0 Å². The van der Waals surface area contributed by atoms with Crippen LogP contribution < -0.4 is 0 Å². The second-order valence-corrected chi connectivity index (χ2v) is 3.56. The van der Waals surface area contributed by atoms with Crippen molar-refractivity contribution in [3.8, 4) is 0 Å². The third-order valence-electron chi connectivity index (χ3n) is 1.64. The summed E-state index contributed by atoms with van der Waals surface area (Å²) in [6.07, 6.45) is 0. The third-order valence-corrected chi connectivity index (χ3v) is 2.10. The highest BCUT2D eigenvalue weighted by atomic mass is 79.9. The van der Waals surface area contributed by atoms with Crippen LogP contribution in [0.4, 0.5) is 8.78 Å². The van der Waals surface area contributed by atoms with Gasteiger partial charge in [0.15, 0.2) is 12.5 Å². The van der Waals surface area contributed by atoms with Gasteiger partial charge in [-0.05, 0) is 24.6 Å². The van der Waals surface area contributed by atoms with Gasteiger partial charge in [-0.3, -0.25) is 4.79 Å². The van der Waals surface area contributed by atoms with E-state index in [0.29, 0.717) is 10.0 Å². The Kier molecular flexibility index (Phi) is 3.14. The van der Waals surface area contributed by atoms with Gasteiger partial charge in [0.1, 0.15) is 5.82 Å². The highest BCUT2D eigenvalue weighted by molar-refractivity contribution is 9.10. The summed E-state index contributed by atoms with van der Waals surface area (Å²) >= 11 is 3.10. The van der Waals surface area contributed by atoms with Crippen molar-refractivity contribution in [3.05, 3.63) is 33.5 Å². The van der Waals surface area contributed by atoms with Crippen LogP contribution >= 0.6 is 15.9 Å². The van der Waals surface area contributed by atoms with Gasteiger partial charge in [0.2, 0.25) is 0 Å². The van der Waals surface area contributed by atoms with Crippen LogP contribution in [0.3, 0.4) is 0 Å². The zero-order valence-electron chi connectivity index (χ0n) is 6.90. The van der Waals surface area contributed by atoms with Crippen LogP contribution in [0.2, 0.25) is 0 Å². The maximum atomic E-state index is 13.2. The molecule has 0 aliphatic carbocycles. The summed E-state index contributed by atoms with van der Waals surface area (Å²) in [5.74, 6) is -1.48. The largest absolute Gasteiger partial charge is 0.291 e. The topological polar surface area (TPSA) is 17.1 Å². The van der Waals surface area contributed by atoms with Crippen molar-refractivity contribution in [1.82, 2.24) is 0 Å². The third kappa shape index (κ3) is 2.12. The quantitative estimate of drug-likeness (QED) is 0.736. The number of hydrogen-bond acceptors (Lipinski definition) is 1. The zero-order valence-corrected chi connectivity index (χ0v) is 8.49. The van der Waals surface area contributed by atoms with Gasteiger partial charge in [0, 0.05) is 4.47 Å². The monoisotopic (exact) mass is 248 g/mol. The van der Waals surface area contributed by atoms with Gasteiger partial charge in [-0.25, -0.2) is 8.78 Å². The first-order chi connectivity index (χ1) is 6.06. The van der Waals surface area contributed by atoms with Crippen molar-refractivity contribution in [2.45, 2.75) is 6.92 Å². The van der Waals surface area contributed by atoms with E-state index in [1.807, 2.05) is 0 Å². The van der Waals surface area contributed by atoms with E-state index in [2.05, 4.69) is 15.9 Å². The van der Waals surface area contributed by atoms with Crippen LogP contribution in [-0.4, -0.2) is 12.5 Å². The maximum Gasteiger partial charge on any atom is 0.196 e. The average molecular weight is 249 g/mol. The van der Waals surface area contributed by atoms with Crippen molar-refractivity contribution in [1.29, 1.82) is 0 Å². The van der Waals surface area contributed by atoms with Gasteiger partial charge in [-0.1, -0.05) is 15.9 Å². The fraction of sp³-hybridized carbons (Fsp3) is 0.222. The molecule has 0 fully saturated rings. The Hall–Kier alpha value is -0.770. The molecular weight excluding hydrogens is 242 g/mol. The van der Waals surface area contributed by atoms with Crippen molar-refractivity contribution in [2.24, 2.45) is 0 Å². The number of ketones is 1. The van der Waals surface area contributed by atoms with Crippen LogP contribution in [0.15, 0.2) is 16.6 Å². The van der Waals surface area contributed by atoms with Crippen LogP contribution in [0.5, 0.6) is 0 Å². The molecule has 0 radical (unpaired) electrons. The normalized spacial score (nSPS) is 10.2. The van der Waals surface area contributed by atoms with Crippen molar-refractivity contribution < 1.29 is 13.6 Å². The molecule has 0 saturated carbocycles. The molecule has 0 unspecified atom stereocenters. The first kappa shape index (κ1) is 10.3. The van der Waals surface area contributed by atoms with E-state index in [0.717, 1.165) is 0 Å². The number of carbonyl (C=O) groups is 1. The summed E-state index contributed by atoms with van der Waals surface area (Å²) in [7, 11) is 0. The second-order valence-electron chi connectivity index (χ2n) is 2.64. The van der Waals surface area contributed by atoms with Crippen molar-refractivity contribution >= 4 is 21.7 Å². The number of Topliss-reactive ketones (excluding diaryl/α,β-unsaturated/α-hetero) is 1. The van der Waals surface area contributed by atoms with E-state index in [1.165, 1.54) is 19.1 Å². The van der Waals surface area contributed by atoms with Crippen LogP contribution in [-0.2, 0) is 0 Å². The van der Waals surface area contributed by atoms with Gasteiger partial charge < -0.3 is 0 Å². The van der Waals surface area contributed by atoms with Crippen molar-refractivity contribution in [2.75, 3.05) is 6.67 Å². The van der Waals surface area contributed by atoms with Gasteiger partial charge in [0.25, 0.3) is 0 Å². The minimum atomic E-state index is -1.17. The molecule has 0 N–H and O–H groups in total. The number of alkyl halides is 1. The Morgan fingerprint density at radius 2 is 2.15 bits per heavy atom. The smallest absolute Gasteiger partial charge is 0.196 e. The van der Waals surface area contributed by atoms with E-state index in [9.17, 15) is 13.6 Å². The highest BCUT2D eigenvalue weighted by Crippen LogP contribution is 2.20. The summed E-state index contributed by atoms with van der Waals surface area (Å²) < 4.78 is 25.8. The number of carbonyl (C=O) groups excluding carboxylic acids is 1. The summed E-state index contributed by atoms with van der Waals surface area (Å²) in [4.78, 5) is 10.9. The summed E-state index contributed by atoms with van der Waals surface area (Å²) in [5.41, 5.74) is 0.126. The maximum absolute atomic E-state index is 13.2. The standard InChI is InChI=1S/C9H7BrF2O/c1-5-2-6(10)3-7(9(5)12)8(13)4-11/h2-3H,4H2,1H3. The predicted molar refractivity (Wildman–Crippen MR) is 49.1 cm³/mol. The van der Waals surface area contributed by atoms with Crippen LogP contribution in [0, 0.1) is 12.7 Å². The molecule has 0 atom stereocenters. The molecular formula is C9H7BrF2O. The Bertz CT molecular complexity index is 350. The van der Waals surface area contributed by atoms with Gasteiger partial charge in [0.05, 0.1) is 5.56 Å². The number of rotatable bonds is 2. The van der Waals surface area contributed by atoms with Gasteiger partial charge in [-0.15, -0.1) is 0 Å². The molecule has 70 valence electrons. The molecule has 0 aromatic heterocycles. The van der Waals surface area contributed by atoms with Crippen LogP contribution in [0.1, 0.15) is 15.9 Å². The van der Waals surface area contributed by atoms with Gasteiger partial charge in [-0.2, -0.15) is 0 Å². The molecule has 1 nitrogen and oxygen atoms in total. The lowest BCUT2D eigenvalue weighted by Crippen LogP contribution is -2.05. The Labute approximate surface area is 82.9 Å². The molecule has 13 heavy (non-hydrogen) atoms. The number of aryl methyl sites for hydroxylation is 1. The van der Waals surface area contributed by atoms with E-state index in [4.69, 9.17) is 0 Å². The lowest BCUT2D eigenvalue weighted by Gasteiger charge is -2.03. The molecule has 0 aliphatic rings. The molecule has 0 heterocycles. The summed E-state index contributed by atoms with van der Waals surface area (Å²) in [6, 6.07) is 2.81. The molecule has 1 aromatic carbocycles. The van der Waals surface area contributed by atoms with Crippen molar-refractivity contribution in [3.63, 3.8) is 0 Å². The van der Waals surface area contributed by atoms with E-state index in [1.54, 1.807) is 0 Å². The minimum Gasteiger partial charge on any atom is -0.291 e. The molecule has 0 spiro atoms. The average Bonchev–Trinajstić information content (AvgIpc) is 2.10. The molecule has 0 aliphatic heterocycles. The molecule has 0 saturated heterocycles. The van der Waals surface area contributed by atoms with E-state index in [-0.39, 0.29) is 5.56 Å². The van der Waals surface area contributed by atoms with E-state index < -0.39 is 18.3 Å². The Morgan fingerprint density at radius 1 is 1.54 bits per heavy atom. The van der Waals surface area contributed by atoms with E-state index >= 15 is 0 Å². The first-order valence-corrected chi connectivity index (χ1v) is 4.40. The summed E-state index contributed by atoms with van der Waals surface area (Å²) in [5, 5.41) is 0. The number of hydrogen-bond donors (Lipinski definition) is 0. The molecule has 0 amide bonds. The number of halogens is 3. The minimum absolute atomic E-state index is 0.200. The highest BCUT2D eigenvalue weighted by Gasteiger charge is 2.13. The lowest BCUT2D eigenvalue weighted by atomic mass is 10.1. The fourth-order valence-electron chi connectivity index (χ4n) is 1.00. The fourth-order valence-corrected chi connectivity index (χ4v) is 1.57. The lowest BCUT2D eigenvalue weighted by molar-refractivity contribution is 0.0954. The Balaban J connectivity index is 3.28. The molecule has 1 aromatic rings. The van der Waals surface area contributed by atoms with Crippen LogP contribution in [0.25, 0.3) is 0 Å². The summed E-state index contributed by atoms with van der Waals surface area (Å²) in [6.45, 7) is 0.349. The first-order valence-electron chi connectivity index (χ1n) is 3.61. The molecule has 4 heteroatoms. The molecule has 0 bridgehead atoms. The predicted octanol–water partition coefficient (Wildman–Crippen LogP) is 3.05. The molecule has 1 rings (SSSR count). The second kappa shape index (κ2) is 3.96. The zero-order chi connectivity index (χ0) is 10.0. The Morgan fingerprint density at radius 3 is 2.69 bits per heavy atom. The SMILES string of the molecule is Cc1cc(Br)cc(C(=O)CF)c1F. The number of benzene rings is 1.